The normalized spacial score (nSPS) is 12.6. The zero-order chi connectivity index (χ0) is 12.3. The summed E-state index contributed by atoms with van der Waals surface area (Å²) in [5, 5.41) is 7.73. The van der Waals surface area contributed by atoms with Gasteiger partial charge < -0.3 is 5.73 Å². The lowest BCUT2D eigenvalue weighted by Crippen LogP contribution is -2.16. The van der Waals surface area contributed by atoms with Crippen molar-refractivity contribution >= 4 is 11.8 Å². The van der Waals surface area contributed by atoms with Crippen LogP contribution in [0.4, 0.5) is 0 Å². The van der Waals surface area contributed by atoms with E-state index in [1.54, 1.807) is 22.6 Å². The molecule has 17 heavy (non-hydrogen) atoms. The van der Waals surface area contributed by atoms with Gasteiger partial charge in [-0.1, -0.05) is 23.4 Å². The quantitative estimate of drug-likeness (QED) is 0.840. The van der Waals surface area contributed by atoms with Crippen molar-refractivity contribution < 1.29 is 0 Å². The zero-order valence-electron chi connectivity index (χ0n) is 10.00. The summed E-state index contributed by atoms with van der Waals surface area (Å²) in [6.07, 6.45) is 1.73. The predicted molar refractivity (Wildman–Crippen MR) is 69.8 cm³/mol. The Labute approximate surface area is 105 Å². The highest BCUT2D eigenvalue weighted by atomic mass is 32.2. The van der Waals surface area contributed by atoms with Crippen molar-refractivity contribution in [3.05, 3.63) is 41.7 Å². The highest BCUT2D eigenvalue weighted by molar-refractivity contribution is 7.99. The number of nitrogens with two attached hydrogens (primary N) is 1. The first kappa shape index (κ1) is 12.1. The number of aromatic nitrogens is 3. The van der Waals surface area contributed by atoms with Crippen molar-refractivity contribution in [3.63, 3.8) is 0 Å². The predicted octanol–water partition coefficient (Wildman–Crippen LogP) is 1.92. The first-order valence-corrected chi connectivity index (χ1v) is 6.45. The van der Waals surface area contributed by atoms with E-state index in [1.807, 2.05) is 19.2 Å². The van der Waals surface area contributed by atoms with E-state index >= 15 is 0 Å². The Morgan fingerprint density at radius 1 is 1.41 bits per heavy atom. The van der Waals surface area contributed by atoms with Crippen LogP contribution in [0.1, 0.15) is 17.3 Å². The van der Waals surface area contributed by atoms with Crippen LogP contribution in [0.3, 0.4) is 0 Å². The summed E-state index contributed by atoms with van der Waals surface area (Å²) in [4.78, 5) is 1.28. The van der Waals surface area contributed by atoms with E-state index in [0.717, 1.165) is 11.4 Å². The molecular weight excluding hydrogens is 232 g/mol. The molecule has 4 nitrogen and oxygen atoms in total. The Balaban J connectivity index is 2.00. The first-order valence-electron chi connectivity index (χ1n) is 5.47. The lowest BCUT2D eigenvalue weighted by atomic mass is 10.2. The molecule has 0 radical (unpaired) electrons. The van der Waals surface area contributed by atoms with Gasteiger partial charge in [-0.15, -0.1) is 16.9 Å². The van der Waals surface area contributed by atoms with Crippen molar-refractivity contribution in [1.82, 2.24) is 15.0 Å². The molecule has 0 saturated carbocycles. The Bertz CT molecular complexity index is 495. The Morgan fingerprint density at radius 2 is 2.18 bits per heavy atom. The number of benzene rings is 1. The van der Waals surface area contributed by atoms with Gasteiger partial charge in [0.15, 0.2) is 0 Å². The van der Waals surface area contributed by atoms with Crippen LogP contribution in [0.5, 0.6) is 0 Å². The summed E-state index contributed by atoms with van der Waals surface area (Å²) in [5.41, 5.74) is 8.37. The van der Waals surface area contributed by atoms with E-state index in [1.165, 1.54) is 10.5 Å². The topological polar surface area (TPSA) is 56.7 Å². The molecule has 1 aromatic carbocycles. The van der Waals surface area contributed by atoms with Gasteiger partial charge in [-0.25, -0.2) is 0 Å². The molecule has 0 amide bonds. The van der Waals surface area contributed by atoms with E-state index in [2.05, 4.69) is 29.4 Å². The van der Waals surface area contributed by atoms with Crippen molar-refractivity contribution in [1.29, 1.82) is 0 Å². The second-order valence-corrected chi connectivity index (χ2v) is 5.03. The molecule has 5 heteroatoms. The maximum atomic E-state index is 6.12. The van der Waals surface area contributed by atoms with Crippen LogP contribution in [0, 0.1) is 6.92 Å². The SMILES string of the molecule is Cc1ccccc1SCC(N)c1cnnn1C. The summed E-state index contributed by atoms with van der Waals surface area (Å²) in [6, 6.07) is 8.28. The zero-order valence-corrected chi connectivity index (χ0v) is 10.8. The fourth-order valence-corrected chi connectivity index (χ4v) is 2.62. The lowest BCUT2D eigenvalue weighted by Gasteiger charge is -2.11. The number of rotatable bonds is 4. The van der Waals surface area contributed by atoms with Crippen molar-refractivity contribution in [2.45, 2.75) is 17.9 Å². The van der Waals surface area contributed by atoms with E-state index < -0.39 is 0 Å². The van der Waals surface area contributed by atoms with Crippen LogP contribution in [0.25, 0.3) is 0 Å². The largest absolute Gasteiger partial charge is 0.322 e. The molecule has 0 aliphatic heterocycles. The maximum absolute atomic E-state index is 6.12. The third-order valence-corrected chi connectivity index (χ3v) is 3.94. The number of hydrogen-bond acceptors (Lipinski definition) is 4. The van der Waals surface area contributed by atoms with E-state index in [-0.39, 0.29) is 6.04 Å². The summed E-state index contributed by atoms with van der Waals surface area (Å²) < 4.78 is 1.73. The highest BCUT2D eigenvalue weighted by Crippen LogP contribution is 2.25. The van der Waals surface area contributed by atoms with Crippen molar-refractivity contribution in [2.24, 2.45) is 12.8 Å². The second-order valence-electron chi connectivity index (χ2n) is 3.97. The number of hydrogen-bond donors (Lipinski definition) is 1. The van der Waals surface area contributed by atoms with Gasteiger partial charge in [0.25, 0.3) is 0 Å². The third-order valence-electron chi connectivity index (χ3n) is 2.64. The Kier molecular flexibility index (Phi) is 3.81. The van der Waals surface area contributed by atoms with Gasteiger partial charge in [-0.3, -0.25) is 4.68 Å². The van der Waals surface area contributed by atoms with Gasteiger partial charge in [-0.2, -0.15) is 0 Å². The van der Waals surface area contributed by atoms with Gasteiger partial charge in [0, 0.05) is 17.7 Å². The average Bonchev–Trinajstić information content (AvgIpc) is 2.74. The molecule has 0 aliphatic rings. The Hall–Kier alpha value is -1.33. The van der Waals surface area contributed by atoms with E-state index in [4.69, 9.17) is 5.73 Å². The fourth-order valence-electron chi connectivity index (χ4n) is 1.62. The molecule has 2 N–H and O–H groups in total. The summed E-state index contributed by atoms with van der Waals surface area (Å²) in [6.45, 7) is 2.11. The maximum Gasteiger partial charge on any atom is 0.0759 e. The minimum atomic E-state index is -0.0420. The van der Waals surface area contributed by atoms with E-state index in [9.17, 15) is 0 Å². The summed E-state index contributed by atoms with van der Waals surface area (Å²) in [5.74, 6) is 0.825. The lowest BCUT2D eigenvalue weighted by molar-refractivity contribution is 0.640. The minimum absolute atomic E-state index is 0.0420. The van der Waals surface area contributed by atoms with E-state index in [0.29, 0.717) is 0 Å². The molecule has 2 rings (SSSR count). The molecule has 0 spiro atoms. The minimum Gasteiger partial charge on any atom is -0.322 e. The number of aryl methyl sites for hydroxylation is 2. The summed E-state index contributed by atoms with van der Waals surface area (Å²) >= 11 is 1.77. The molecule has 1 aromatic heterocycles. The van der Waals surface area contributed by atoms with Crippen LogP contribution in [-0.4, -0.2) is 20.7 Å². The molecule has 1 unspecified atom stereocenters. The van der Waals surface area contributed by atoms with Gasteiger partial charge in [0.05, 0.1) is 17.9 Å². The summed E-state index contributed by atoms with van der Waals surface area (Å²) in [7, 11) is 1.86. The molecule has 1 heterocycles. The molecule has 1 atom stereocenters. The van der Waals surface area contributed by atoms with Crippen molar-refractivity contribution in [2.75, 3.05) is 5.75 Å². The molecule has 0 aliphatic carbocycles. The van der Waals surface area contributed by atoms with Crippen LogP contribution in [-0.2, 0) is 7.05 Å². The molecule has 0 fully saturated rings. The fraction of sp³-hybridized carbons (Fsp3) is 0.333. The third kappa shape index (κ3) is 2.87. The molecule has 2 aromatic rings. The molecule has 0 bridgehead atoms. The van der Waals surface area contributed by atoms with Gasteiger partial charge >= 0.3 is 0 Å². The van der Waals surface area contributed by atoms with Gasteiger partial charge in [0.2, 0.25) is 0 Å². The van der Waals surface area contributed by atoms with Crippen LogP contribution in [0.15, 0.2) is 35.4 Å². The smallest absolute Gasteiger partial charge is 0.0759 e. The molecule has 90 valence electrons. The van der Waals surface area contributed by atoms with Crippen LogP contribution >= 0.6 is 11.8 Å². The Morgan fingerprint density at radius 3 is 2.82 bits per heavy atom. The second kappa shape index (κ2) is 5.33. The highest BCUT2D eigenvalue weighted by Gasteiger charge is 2.11. The average molecular weight is 248 g/mol. The number of nitrogens with zero attached hydrogens (tertiary/aromatic N) is 3. The van der Waals surface area contributed by atoms with Gasteiger partial charge in [0.1, 0.15) is 0 Å². The monoisotopic (exact) mass is 248 g/mol. The van der Waals surface area contributed by atoms with Crippen molar-refractivity contribution in [3.8, 4) is 0 Å². The first-order chi connectivity index (χ1) is 8.18. The van der Waals surface area contributed by atoms with Crippen LogP contribution in [0.2, 0.25) is 0 Å². The van der Waals surface area contributed by atoms with Crippen LogP contribution < -0.4 is 5.73 Å². The standard InChI is InChI=1S/C12H16N4S/c1-9-5-3-4-6-12(9)17-8-10(13)11-7-14-15-16(11)2/h3-7,10H,8,13H2,1-2H3. The van der Waals surface area contributed by atoms with Gasteiger partial charge in [-0.05, 0) is 18.6 Å². The molecular formula is C12H16N4S. The molecule has 0 saturated heterocycles. The number of thioether (sulfide) groups is 1.